The zero-order valence-corrected chi connectivity index (χ0v) is 22.1. The molecule has 4 rings (SSSR count). The van der Waals surface area contributed by atoms with Crippen LogP contribution >= 0.6 is 11.6 Å². The van der Waals surface area contributed by atoms with Gasteiger partial charge in [0.15, 0.2) is 16.4 Å². The normalized spacial score (nSPS) is 28.1. The van der Waals surface area contributed by atoms with Crippen LogP contribution in [0.5, 0.6) is 5.75 Å². The Hall–Kier alpha value is -2.09. The van der Waals surface area contributed by atoms with E-state index in [0.717, 1.165) is 22.6 Å². The Kier molecular flexibility index (Phi) is 7.79. The molecule has 0 unspecified atom stereocenters. The van der Waals surface area contributed by atoms with E-state index < -0.39 is 15.4 Å². The molecule has 0 saturated carbocycles. The first kappa shape index (κ1) is 26.0. The predicted octanol–water partition coefficient (Wildman–Crippen LogP) is 4.93. The quantitative estimate of drug-likeness (QED) is 0.561. The van der Waals surface area contributed by atoms with Gasteiger partial charge in [-0.3, -0.25) is 4.79 Å². The van der Waals surface area contributed by atoms with Crippen LogP contribution in [-0.4, -0.2) is 44.6 Å². The maximum Gasteiger partial charge on any atom is 0.258 e. The van der Waals surface area contributed by atoms with E-state index in [9.17, 15) is 13.2 Å². The van der Waals surface area contributed by atoms with Gasteiger partial charge in [-0.15, -0.1) is 0 Å². The first-order chi connectivity index (χ1) is 16.6. The third-order valence-corrected chi connectivity index (χ3v) is 9.37. The molecule has 0 aromatic heterocycles. The number of carbonyl (C=O) groups excluding carboxylic acids is 1. The van der Waals surface area contributed by atoms with Gasteiger partial charge >= 0.3 is 0 Å². The third kappa shape index (κ3) is 6.38. The van der Waals surface area contributed by atoms with Crippen LogP contribution in [-0.2, 0) is 19.4 Å². The van der Waals surface area contributed by atoms with E-state index in [2.05, 4.69) is 25.2 Å². The number of amides is 1. The van der Waals surface area contributed by atoms with Gasteiger partial charge in [0.2, 0.25) is 0 Å². The van der Waals surface area contributed by atoms with Gasteiger partial charge in [-0.2, -0.15) is 0 Å². The molecule has 35 heavy (non-hydrogen) atoms. The van der Waals surface area contributed by atoms with Crippen molar-refractivity contribution < 1.29 is 22.7 Å². The minimum absolute atomic E-state index is 0.0357. The molecule has 1 N–H and O–H groups in total. The summed E-state index contributed by atoms with van der Waals surface area (Å²) in [5.74, 6) is 1.27. The fourth-order valence-corrected chi connectivity index (χ4v) is 7.65. The molecule has 0 spiro atoms. The van der Waals surface area contributed by atoms with Crippen molar-refractivity contribution in [2.45, 2.75) is 51.2 Å². The number of hydrogen-bond acceptors (Lipinski definition) is 5. The second-order valence-electron chi connectivity index (χ2n) is 10.4. The van der Waals surface area contributed by atoms with Gasteiger partial charge in [0.1, 0.15) is 5.75 Å². The van der Waals surface area contributed by atoms with Crippen LogP contribution in [0.4, 0.5) is 0 Å². The van der Waals surface area contributed by atoms with Crippen LogP contribution in [0.1, 0.15) is 56.8 Å². The standard InChI is InChI=1S/C27H34ClNO5S/c1-18(2)23-14-20(22-9-4-5-10-24(22)28)15-34-26(23)19-7-6-8-21(13-19)33-16-25(30)29-27(3)11-12-35(31,32)17-27/h4-10,13,18,20,23,26H,11-12,14-17H2,1-3H3,(H,29,30)/t20-,23-,26-,27+/m0/s1. The summed E-state index contributed by atoms with van der Waals surface area (Å²) in [5, 5.41) is 3.61. The van der Waals surface area contributed by atoms with Gasteiger partial charge in [0, 0.05) is 10.9 Å². The highest BCUT2D eigenvalue weighted by molar-refractivity contribution is 7.91. The smallest absolute Gasteiger partial charge is 0.258 e. The van der Waals surface area contributed by atoms with E-state index in [0.29, 0.717) is 30.6 Å². The molecule has 2 aliphatic rings. The molecule has 2 saturated heterocycles. The van der Waals surface area contributed by atoms with E-state index >= 15 is 0 Å². The predicted molar refractivity (Wildman–Crippen MR) is 138 cm³/mol. The molecule has 190 valence electrons. The monoisotopic (exact) mass is 519 g/mol. The Balaban J connectivity index is 1.40. The first-order valence-corrected chi connectivity index (χ1v) is 14.4. The molecule has 2 aromatic rings. The van der Waals surface area contributed by atoms with Gasteiger partial charge in [-0.05, 0) is 60.9 Å². The van der Waals surface area contributed by atoms with Crippen molar-refractivity contribution >= 4 is 27.3 Å². The highest BCUT2D eigenvalue weighted by Gasteiger charge is 2.39. The van der Waals surface area contributed by atoms with Crippen molar-refractivity contribution in [1.29, 1.82) is 0 Å². The van der Waals surface area contributed by atoms with E-state index in [-0.39, 0.29) is 36.0 Å². The summed E-state index contributed by atoms with van der Waals surface area (Å²) in [6.07, 6.45) is 1.32. The molecule has 1 amide bonds. The molecule has 2 aliphatic heterocycles. The Bertz CT molecular complexity index is 1170. The SMILES string of the molecule is CC(C)[C@@H]1C[C@H](c2ccccc2Cl)CO[C@H]1c1cccc(OCC(=O)N[C@]2(C)CCS(=O)(=O)C2)c1. The first-order valence-electron chi connectivity index (χ1n) is 12.2. The van der Waals surface area contributed by atoms with Crippen molar-refractivity contribution in [1.82, 2.24) is 5.32 Å². The summed E-state index contributed by atoms with van der Waals surface area (Å²) >= 11 is 6.46. The lowest BCUT2D eigenvalue weighted by Crippen LogP contribution is -2.48. The number of rotatable bonds is 7. The molecule has 4 atom stereocenters. The van der Waals surface area contributed by atoms with Crippen LogP contribution in [0.2, 0.25) is 5.02 Å². The third-order valence-electron chi connectivity index (χ3n) is 7.12. The van der Waals surface area contributed by atoms with Crippen LogP contribution < -0.4 is 10.1 Å². The Morgan fingerprint density at radius 2 is 2.00 bits per heavy atom. The summed E-state index contributed by atoms with van der Waals surface area (Å²) in [4.78, 5) is 12.4. The van der Waals surface area contributed by atoms with Gasteiger partial charge in [-0.1, -0.05) is 55.8 Å². The van der Waals surface area contributed by atoms with Crippen molar-refractivity contribution in [3.8, 4) is 5.75 Å². The minimum atomic E-state index is -3.10. The molecule has 2 fully saturated rings. The average Bonchev–Trinajstić information content (AvgIpc) is 3.10. The zero-order valence-electron chi connectivity index (χ0n) is 20.5. The molecule has 0 radical (unpaired) electrons. The fourth-order valence-electron chi connectivity index (χ4n) is 5.26. The molecule has 0 bridgehead atoms. The number of nitrogens with one attached hydrogen (secondary N) is 1. The molecule has 2 aromatic carbocycles. The summed E-state index contributed by atoms with van der Waals surface area (Å²) in [6, 6.07) is 15.7. The second kappa shape index (κ2) is 10.5. The molecular weight excluding hydrogens is 486 g/mol. The number of carbonyl (C=O) groups is 1. The minimum Gasteiger partial charge on any atom is -0.484 e. The lowest BCUT2D eigenvalue weighted by atomic mass is 9.76. The highest BCUT2D eigenvalue weighted by atomic mass is 35.5. The number of ether oxygens (including phenoxy) is 2. The highest BCUT2D eigenvalue weighted by Crippen LogP contribution is 2.45. The summed E-state index contributed by atoms with van der Waals surface area (Å²) in [5.41, 5.74) is 1.41. The van der Waals surface area contributed by atoms with Gasteiger partial charge in [-0.25, -0.2) is 8.42 Å². The maximum absolute atomic E-state index is 12.4. The topological polar surface area (TPSA) is 81.7 Å². The molecule has 0 aliphatic carbocycles. The Morgan fingerprint density at radius 3 is 2.69 bits per heavy atom. The average molecular weight is 520 g/mol. The number of halogens is 1. The van der Waals surface area contributed by atoms with Crippen LogP contribution in [0.15, 0.2) is 48.5 Å². The number of benzene rings is 2. The van der Waals surface area contributed by atoms with Crippen LogP contribution in [0.3, 0.4) is 0 Å². The number of sulfone groups is 1. The zero-order chi connectivity index (χ0) is 25.2. The summed E-state index contributed by atoms with van der Waals surface area (Å²) in [6.45, 7) is 6.60. The second-order valence-corrected chi connectivity index (χ2v) is 13.0. The lowest BCUT2D eigenvalue weighted by molar-refractivity contribution is -0.124. The van der Waals surface area contributed by atoms with E-state index in [1.807, 2.05) is 42.5 Å². The van der Waals surface area contributed by atoms with Crippen molar-refractivity contribution in [2.24, 2.45) is 11.8 Å². The van der Waals surface area contributed by atoms with Crippen LogP contribution in [0, 0.1) is 11.8 Å². The molecule has 6 nitrogen and oxygen atoms in total. The number of hydrogen-bond donors (Lipinski definition) is 1. The molecule has 2 heterocycles. The van der Waals surface area contributed by atoms with Crippen molar-refractivity contribution in [3.05, 3.63) is 64.7 Å². The summed E-state index contributed by atoms with van der Waals surface area (Å²) in [7, 11) is -3.10. The molecule has 8 heteroatoms. The van der Waals surface area contributed by atoms with Crippen molar-refractivity contribution in [2.75, 3.05) is 24.7 Å². The lowest BCUT2D eigenvalue weighted by Gasteiger charge is -2.39. The summed E-state index contributed by atoms with van der Waals surface area (Å²) < 4.78 is 35.8. The Morgan fingerprint density at radius 1 is 1.23 bits per heavy atom. The van der Waals surface area contributed by atoms with Gasteiger partial charge in [0.25, 0.3) is 5.91 Å². The van der Waals surface area contributed by atoms with Crippen LogP contribution in [0.25, 0.3) is 0 Å². The maximum atomic E-state index is 12.4. The largest absolute Gasteiger partial charge is 0.484 e. The van der Waals surface area contributed by atoms with Gasteiger partial charge < -0.3 is 14.8 Å². The fraction of sp³-hybridized carbons (Fsp3) is 0.519. The van der Waals surface area contributed by atoms with E-state index in [1.165, 1.54) is 0 Å². The van der Waals surface area contributed by atoms with E-state index in [4.69, 9.17) is 21.1 Å². The Labute approximate surface area is 213 Å². The molecular formula is C27H34ClNO5S. The van der Waals surface area contributed by atoms with E-state index in [1.54, 1.807) is 6.92 Å². The van der Waals surface area contributed by atoms with Crippen molar-refractivity contribution in [3.63, 3.8) is 0 Å². The van der Waals surface area contributed by atoms with Gasteiger partial charge in [0.05, 0.1) is 29.8 Å².